The Morgan fingerprint density at radius 1 is 0.960 bits per heavy atom. The molecule has 0 amide bonds. The van der Waals surface area contributed by atoms with Crippen LogP contribution in [-0.2, 0) is 0 Å². The van der Waals surface area contributed by atoms with E-state index in [1.807, 2.05) is 18.2 Å². The molecule has 0 aliphatic rings. The molecular weight excluding hydrogens is 314 g/mol. The number of phenolic OH excluding ortho intramolecular Hbond substituents is 1. The second-order valence-corrected chi connectivity index (χ2v) is 5.38. The summed E-state index contributed by atoms with van der Waals surface area (Å²) in [6, 6.07) is 10.7. The van der Waals surface area contributed by atoms with E-state index in [1.165, 1.54) is 0 Å². The van der Waals surface area contributed by atoms with Gasteiger partial charge in [0.05, 0.1) is 11.3 Å². The second-order valence-electron chi connectivity index (χ2n) is 5.38. The van der Waals surface area contributed by atoms with Crippen LogP contribution in [0.2, 0.25) is 0 Å². The monoisotopic (exact) mass is 327 g/mol. The Hall–Kier alpha value is -3.85. The van der Waals surface area contributed by atoms with Crippen molar-refractivity contribution >= 4 is 11.6 Å². The number of nitrogen functional groups attached to an aromatic ring is 1. The Labute approximate surface area is 143 Å². The van der Waals surface area contributed by atoms with Gasteiger partial charge in [-0.15, -0.1) is 0 Å². The average molecular weight is 327 g/mol. The summed E-state index contributed by atoms with van der Waals surface area (Å²) in [5.74, 6) is 6.97. The molecule has 3 N–H and O–H groups in total. The van der Waals surface area contributed by atoms with Gasteiger partial charge in [0, 0.05) is 35.9 Å². The molecule has 0 radical (unpaired) electrons. The molecule has 1 aromatic carbocycles. The molecule has 4 aromatic rings. The molecule has 0 unspecified atom stereocenters. The number of hydrogen-bond donors (Lipinski definition) is 2. The number of para-hydroxylation sites is 1. The molecule has 0 bridgehead atoms. The first-order valence-electron chi connectivity index (χ1n) is 7.56. The summed E-state index contributed by atoms with van der Waals surface area (Å²) >= 11 is 0. The van der Waals surface area contributed by atoms with Crippen LogP contribution in [0.5, 0.6) is 5.75 Å². The quantitative estimate of drug-likeness (QED) is 0.524. The van der Waals surface area contributed by atoms with Crippen molar-refractivity contribution in [2.24, 2.45) is 0 Å². The van der Waals surface area contributed by atoms with Crippen LogP contribution < -0.4 is 5.73 Å². The Morgan fingerprint density at radius 2 is 1.76 bits per heavy atom. The van der Waals surface area contributed by atoms with Crippen molar-refractivity contribution in [3.8, 4) is 28.8 Å². The molecule has 25 heavy (non-hydrogen) atoms. The zero-order valence-electron chi connectivity index (χ0n) is 13.1. The highest BCUT2D eigenvalue weighted by atomic mass is 16.3. The molecule has 0 fully saturated rings. The maximum atomic E-state index is 9.99. The van der Waals surface area contributed by atoms with Crippen LogP contribution in [0.4, 0.5) is 5.82 Å². The second kappa shape index (κ2) is 5.98. The minimum Gasteiger partial charge on any atom is -0.507 e. The number of imidazole rings is 1. The highest BCUT2D eigenvalue weighted by Gasteiger charge is 2.10. The first kappa shape index (κ1) is 14.7. The van der Waals surface area contributed by atoms with Crippen molar-refractivity contribution in [2.45, 2.75) is 0 Å². The number of aromatic nitrogens is 4. The van der Waals surface area contributed by atoms with Crippen molar-refractivity contribution < 1.29 is 5.11 Å². The molecule has 0 saturated heterocycles. The van der Waals surface area contributed by atoms with Crippen LogP contribution in [-0.4, -0.2) is 24.5 Å². The first-order chi connectivity index (χ1) is 12.2. The third-order valence-electron chi connectivity index (χ3n) is 3.68. The van der Waals surface area contributed by atoms with Crippen molar-refractivity contribution in [2.75, 3.05) is 5.73 Å². The highest BCUT2D eigenvalue weighted by Crippen LogP contribution is 2.28. The molecule has 6 nitrogen and oxygen atoms in total. The van der Waals surface area contributed by atoms with Gasteiger partial charge in [-0.25, -0.2) is 4.98 Å². The average Bonchev–Trinajstić information content (AvgIpc) is 3.03. The van der Waals surface area contributed by atoms with Gasteiger partial charge in [-0.2, -0.15) is 4.98 Å². The number of phenols is 1. The summed E-state index contributed by atoms with van der Waals surface area (Å²) in [7, 11) is 0. The van der Waals surface area contributed by atoms with E-state index in [1.54, 1.807) is 47.4 Å². The molecule has 0 saturated carbocycles. The number of fused-ring (bicyclic) bond motifs is 1. The number of pyridine rings is 1. The van der Waals surface area contributed by atoms with Crippen LogP contribution in [0, 0.1) is 11.8 Å². The van der Waals surface area contributed by atoms with E-state index >= 15 is 0 Å². The van der Waals surface area contributed by atoms with Gasteiger partial charge in [0.2, 0.25) is 5.78 Å². The summed E-state index contributed by atoms with van der Waals surface area (Å²) in [6.07, 6.45) is 6.93. The van der Waals surface area contributed by atoms with Gasteiger partial charge in [0.15, 0.2) is 0 Å². The molecule has 3 heterocycles. The first-order valence-corrected chi connectivity index (χ1v) is 7.56. The third-order valence-corrected chi connectivity index (χ3v) is 3.68. The normalized spacial score (nSPS) is 10.4. The topological polar surface area (TPSA) is 89.3 Å². The maximum Gasteiger partial charge on any atom is 0.236 e. The molecule has 0 aliphatic heterocycles. The minimum absolute atomic E-state index is 0.164. The van der Waals surface area contributed by atoms with E-state index in [-0.39, 0.29) is 5.75 Å². The lowest BCUT2D eigenvalue weighted by Crippen LogP contribution is -1.99. The number of hydrogen-bond acceptors (Lipinski definition) is 5. The van der Waals surface area contributed by atoms with Gasteiger partial charge in [-0.1, -0.05) is 24.0 Å². The highest BCUT2D eigenvalue weighted by molar-refractivity contribution is 5.68. The molecule has 3 aromatic heterocycles. The maximum absolute atomic E-state index is 9.99. The summed E-state index contributed by atoms with van der Waals surface area (Å²) in [6.45, 7) is 0. The van der Waals surface area contributed by atoms with Gasteiger partial charge in [0.25, 0.3) is 0 Å². The fraction of sp³-hybridized carbons (Fsp3) is 0. The zero-order valence-corrected chi connectivity index (χ0v) is 13.1. The molecule has 120 valence electrons. The summed E-state index contributed by atoms with van der Waals surface area (Å²) in [5.41, 5.74) is 8.70. The van der Waals surface area contributed by atoms with E-state index in [0.717, 1.165) is 5.56 Å². The van der Waals surface area contributed by atoms with Crippen molar-refractivity contribution in [1.29, 1.82) is 0 Å². The molecule has 0 atom stereocenters. The van der Waals surface area contributed by atoms with Crippen LogP contribution in [0.3, 0.4) is 0 Å². The number of nitrogens with zero attached hydrogens (tertiary/aromatic N) is 4. The van der Waals surface area contributed by atoms with E-state index in [2.05, 4.69) is 26.8 Å². The smallest absolute Gasteiger partial charge is 0.236 e. The lowest BCUT2D eigenvalue weighted by Gasteiger charge is -1.98. The standard InChI is InChI=1S/C19H13N5O/c20-18-14(6-5-13-7-9-21-10-8-13)11-24-12-16(22-19(24)23-18)15-3-1-2-4-17(15)25/h1-4,7-12,25H,(H2,20,22,23). The van der Waals surface area contributed by atoms with Crippen molar-refractivity contribution in [3.63, 3.8) is 0 Å². The van der Waals surface area contributed by atoms with E-state index in [9.17, 15) is 5.11 Å². The summed E-state index contributed by atoms with van der Waals surface area (Å²) in [4.78, 5) is 12.7. The Morgan fingerprint density at radius 3 is 2.56 bits per heavy atom. The molecule has 0 spiro atoms. The van der Waals surface area contributed by atoms with Crippen LogP contribution in [0.25, 0.3) is 17.0 Å². The predicted octanol–water partition coefficient (Wildman–Crippen LogP) is 2.48. The van der Waals surface area contributed by atoms with Gasteiger partial charge in [0.1, 0.15) is 11.6 Å². The van der Waals surface area contributed by atoms with Gasteiger partial charge < -0.3 is 10.8 Å². The Balaban J connectivity index is 1.78. The van der Waals surface area contributed by atoms with Gasteiger partial charge in [-0.05, 0) is 24.3 Å². The molecule has 4 rings (SSSR count). The largest absolute Gasteiger partial charge is 0.507 e. The minimum atomic E-state index is 0.164. The predicted molar refractivity (Wildman–Crippen MR) is 94.7 cm³/mol. The fourth-order valence-electron chi connectivity index (χ4n) is 2.43. The van der Waals surface area contributed by atoms with Crippen LogP contribution >= 0.6 is 0 Å². The number of nitrogens with two attached hydrogens (primary N) is 1. The lowest BCUT2D eigenvalue weighted by atomic mass is 10.1. The molecule has 0 aliphatic carbocycles. The number of anilines is 1. The van der Waals surface area contributed by atoms with Gasteiger partial charge >= 0.3 is 0 Å². The Kier molecular flexibility index (Phi) is 3.52. The van der Waals surface area contributed by atoms with Gasteiger partial charge in [-0.3, -0.25) is 9.38 Å². The number of aromatic hydroxyl groups is 1. The number of benzene rings is 1. The van der Waals surface area contributed by atoms with E-state index in [4.69, 9.17) is 5.73 Å². The lowest BCUT2D eigenvalue weighted by molar-refractivity contribution is 0.477. The molecule has 6 heteroatoms. The molecular formula is C19H13N5O. The SMILES string of the molecule is Nc1nc2nc(-c3ccccc3O)cn2cc1C#Cc1ccncc1. The summed E-state index contributed by atoms with van der Waals surface area (Å²) < 4.78 is 1.74. The fourth-order valence-corrected chi connectivity index (χ4v) is 2.43. The van der Waals surface area contributed by atoms with E-state index < -0.39 is 0 Å². The van der Waals surface area contributed by atoms with Crippen LogP contribution in [0.1, 0.15) is 11.1 Å². The number of rotatable bonds is 1. The summed E-state index contributed by atoms with van der Waals surface area (Å²) in [5, 5.41) is 9.99. The van der Waals surface area contributed by atoms with Crippen molar-refractivity contribution in [1.82, 2.24) is 19.4 Å². The zero-order chi connectivity index (χ0) is 17.2. The van der Waals surface area contributed by atoms with Crippen LogP contribution in [0.15, 0.2) is 61.2 Å². The van der Waals surface area contributed by atoms with E-state index in [0.29, 0.717) is 28.4 Å². The Bertz CT molecular complexity index is 1120. The third kappa shape index (κ3) is 2.86. The van der Waals surface area contributed by atoms with Crippen molar-refractivity contribution in [3.05, 3.63) is 72.3 Å².